The zero-order valence-electron chi connectivity index (χ0n) is 10.2. The Hall–Kier alpha value is -1.62. The second-order valence-corrected chi connectivity index (χ2v) is 4.42. The molecular weight excluding hydrogens is 237 g/mol. The zero-order valence-corrected chi connectivity index (χ0v) is 10.2. The van der Waals surface area contributed by atoms with Gasteiger partial charge in [-0.15, -0.1) is 0 Å². The van der Waals surface area contributed by atoms with E-state index in [2.05, 4.69) is 0 Å². The van der Waals surface area contributed by atoms with Crippen molar-refractivity contribution in [2.24, 2.45) is 0 Å². The Morgan fingerprint density at radius 1 is 1.56 bits per heavy atom. The van der Waals surface area contributed by atoms with E-state index < -0.39 is 5.82 Å². The van der Waals surface area contributed by atoms with Gasteiger partial charge in [0, 0.05) is 19.5 Å². The quantitative estimate of drug-likeness (QED) is 0.870. The molecule has 1 aromatic rings. The molecule has 0 atom stereocenters. The van der Waals surface area contributed by atoms with Gasteiger partial charge in [-0.2, -0.15) is 0 Å². The normalized spacial score (nSPS) is 15.4. The van der Waals surface area contributed by atoms with E-state index in [9.17, 15) is 9.18 Å². The summed E-state index contributed by atoms with van der Waals surface area (Å²) in [7, 11) is 1.41. The van der Waals surface area contributed by atoms with Gasteiger partial charge in [-0.3, -0.25) is 4.79 Å². The Balaban J connectivity index is 1.86. The maximum atomic E-state index is 13.4. The van der Waals surface area contributed by atoms with Gasteiger partial charge in [0.05, 0.1) is 13.2 Å². The molecule has 1 saturated heterocycles. The van der Waals surface area contributed by atoms with Crippen molar-refractivity contribution < 1.29 is 19.0 Å². The second kappa shape index (κ2) is 5.35. The highest BCUT2D eigenvalue weighted by Gasteiger charge is 2.28. The van der Waals surface area contributed by atoms with Crippen molar-refractivity contribution in [3.63, 3.8) is 0 Å². The number of rotatable bonds is 4. The first-order chi connectivity index (χ1) is 8.60. The van der Waals surface area contributed by atoms with Crippen LogP contribution in [0.4, 0.5) is 4.39 Å². The van der Waals surface area contributed by atoms with Crippen LogP contribution >= 0.6 is 0 Å². The molecule has 0 aromatic heterocycles. The van der Waals surface area contributed by atoms with Crippen molar-refractivity contribution in [3.8, 4) is 5.75 Å². The van der Waals surface area contributed by atoms with Crippen molar-refractivity contribution in [2.45, 2.75) is 18.9 Å². The van der Waals surface area contributed by atoms with Gasteiger partial charge < -0.3 is 14.7 Å². The lowest BCUT2D eigenvalue weighted by molar-refractivity contribution is -0.141. The Kier molecular flexibility index (Phi) is 3.81. The summed E-state index contributed by atoms with van der Waals surface area (Å²) in [5, 5.41) is 9.09. The fraction of sp³-hybridized carbons (Fsp3) is 0.462. The third-order valence-electron chi connectivity index (χ3n) is 3.06. The maximum Gasteiger partial charge on any atom is 0.223 e. The van der Waals surface area contributed by atoms with Crippen LogP contribution in [0.25, 0.3) is 0 Å². The molecule has 98 valence electrons. The highest BCUT2D eigenvalue weighted by molar-refractivity contribution is 5.77. The molecule has 0 saturated carbocycles. The van der Waals surface area contributed by atoms with Gasteiger partial charge in [-0.25, -0.2) is 4.39 Å². The van der Waals surface area contributed by atoms with Crippen LogP contribution in [0.2, 0.25) is 0 Å². The van der Waals surface area contributed by atoms with Crippen LogP contribution in [0, 0.1) is 5.82 Å². The number of carbonyl (C=O) groups excluding carboxylic acids is 1. The monoisotopic (exact) mass is 253 g/mol. The molecule has 0 spiro atoms. The number of β-amino-alcohol motifs (C(OH)–C–C–N with tert-alkyl or cyclic N) is 1. The summed E-state index contributed by atoms with van der Waals surface area (Å²) < 4.78 is 18.2. The highest BCUT2D eigenvalue weighted by atomic mass is 19.1. The minimum atomic E-state index is -0.415. The van der Waals surface area contributed by atoms with Crippen LogP contribution in [0.5, 0.6) is 5.75 Å². The van der Waals surface area contributed by atoms with E-state index in [1.807, 2.05) is 0 Å². The molecular formula is C13H16FNO3. The Labute approximate surface area is 105 Å². The number of aliphatic hydroxyl groups excluding tert-OH is 1. The Morgan fingerprint density at radius 3 is 2.83 bits per heavy atom. The van der Waals surface area contributed by atoms with Crippen molar-refractivity contribution in [1.29, 1.82) is 0 Å². The van der Waals surface area contributed by atoms with Crippen molar-refractivity contribution in [1.82, 2.24) is 4.90 Å². The summed E-state index contributed by atoms with van der Waals surface area (Å²) >= 11 is 0. The van der Waals surface area contributed by atoms with Gasteiger partial charge in [0.1, 0.15) is 0 Å². The van der Waals surface area contributed by atoms with Crippen molar-refractivity contribution in [3.05, 3.63) is 29.6 Å². The molecule has 0 bridgehead atoms. The van der Waals surface area contributed by atoms with Crippen LogP contribution in [-0.4, -0.2) is 42.2 Å². The minimum absolute atomic E-state index is 0.00322. The molecule has 1 heterocycles. The number of benzene rings is 1. The first-order valence-electron chi connectivity index (χ1n) is 5.88. The first-order valence-corrected chi connectivity index (χ1v) is 5.88. The number of aliphatic hydroxyl groups is 1. The number of nitrogens with zero attached hydrogens (tertiary/aromatic N) is 1. The maximum absolute atomic E-state index is 13.4. The molecule has 4 nitrogen and oxygen atoms in total. The van der Waals surface area contributed by atoms with Gasteiger partial charge in [-0.05, 0) is 24.1 Å². The number of halogens is 1. The number of likely N-dealkylation sites (tertiary alicyclic amines) is 1. The number of hydrogen-bond donors (Lipinski definition) is 1. The average molecular weight is 253 g/mol. The average Bonchev–Trinajstić information content (AvgIpc) is 2.32. The van der Waals surface area contributed by atoms with E-state index in [1.54, 1.807) is 17.0 Å². The second-order valence-electron chi connectivity index (χ2n) is 4.42. The predicted octanol–water partition coefficient (Wildman–Crippen LogP) is 0.970. The minimum Gasteiger partial charge on any atom is -0.494 e. The highest BCUT2D eigenvalue weighted by Crippen LogP contribution is 2.19. The zero-order chi connectivity index (χ0) is 13.1. The number of aryl methyl sites for hydroxylation is 1. The molecule has 1 amide bonds. The molecule has 2 rings (SSSR count). The van der Waals surface area contributed by atoms with Crippen LogP contribution in [0.3, 0.4) is 0 Å². The topological polar surface area (TPSA) is 49.8 Å². The van der Waals surface area contributed by atoms with Gasteiger partial charge >= 0.3 is 0 Å². The van der Waals surface area contributed by atoms with E-state index >= 15 is 0 Å². The summed E-state index contributed by atoms with van der Waals surface area (Å²) in [6.45, 7) is 0.825. The largest absolute Gasteiger partial charge is 0.494 e. The molecule has 1 aliphatic rings. The fourth-order valence-corrected chi connectivity index (χ4v) is 1.93. The van der Waals surface area contributed by atoms with Crippen LogP contribution in [0.15, 0.2) is 18.2 Å². The number of hydrogen-bond acceptors (Lipinski definition) is 3. The molecule has 0 radical (unpaired) electrons. The van der Waals surface area contributed by atoms with Crippen LogP contribution in [-0.2, 0) is 11.2 Å². The number of methoxy groups -OCH3 is 1. The standard InChI is InChI=1S/C13H16FNO3/c1-18-12-4-2-9(6-11(12)14)3-5-13(17)15-7-10(16)8-15/h2,4,6,10,16H,3,5,7-8H2,1H3. The third kappa shape index (κ3) is 2.79. The summed E-state index contributed by atoms with van der Waals surface area (Å²) in [5.74, 6) is -0.214. The lowest BCUT2D eigenvalue weighted by Crippen LogP contribution is -2.53. The van der Waals surface area contributed by atoms with E-state index in [1.165, 1.54) is 13.2 Å². The van der Waals surface area contributed by atoms with Crippen LogP contribution in [0.1, 0.15) is 12.0 Å². The van der Waals surface area contributed by atoms with E-state index in [4.69, 9.17) is 9.84 Å². The third-order valence-corrected chi connectivity index (χ3v) is 3.06. The lowest BCUT2D eigenvalue weighted by atomic mass is 10.1. The Bertz CT molecular complexity index is 444. The number of amides is 1. The molecule has 18 heavy (non-hydrogen) atoms. The number of carbonyl (C=O) groups is 1. The van der Waals surface area contributed by atoms with Crippen LogP contribution < -0.4 is 4.74 Å². The summed E-state index contributed by atoms with van der Waals surface area (Å²) in [4.78, 5) is 13.3. The predicted molar refractivity (Wildman–Crippen MR) is 63.9 cm³/mol. The first kappa shape index (κ1) is 12.8. The molecule has 0 unspecified atom stereocenters. The van der Waals surface area contributed by atoms with E-state index in [0.717, 1.165) is 5.56 Å². The van der Waals surface area contributed by atoms with Gasteiger partial charge in [0.15, 0.2) is 11.6 Å². The van der Waals surface area contributed by atoms with E-state index in [0.29, 0.717) is 25.9 Å². The van der Waals surface area contributed by atoms with E-state index in [-0.39, 0.29) is 17.8 Å². The Morgan fingerprint density at radius 2 is 2.28 bits per heavy atom. The lowest BCUT2D eigenvalue weighted by Gasteiger charge is -2.35. The van der Waals surface area contributed by atoms with Crippen molar-refractivity contribution >= 4 is 5.91 Å². The number of ether oxygens (including phenoxy) is 1. The fourth-order valence-electron chi connectivity index (χ4n) is 1.93. The molecule has 1 aromatic carbocycles. The SMILES string of the molecule is COc1ccc(CCC(=O)N2CC(O)C2)cc1F. The molecule has 1 N–H and O–H groups in total. The van der Waals surface area contributed by atoms with Gasteiger partial charge in [0.25, 0.3) is 0 Å². The summed E-state index contributed by atoms with van der Waals surface area (Å²) in [6.07, 6.45) is 0.442. The van der Waals surface area contributed by atoms with Gasteiger partial charge in [-0.1, -0.05) is 6.07 Å². The molecule has 0 aliphatic carbocycles. The molecule has 5 heteroatoms. The van der Waals surface area contributed by atoms with Crippen molar-refractivity contribution in [2.75, 3.05) is 20.2 Å². The summed E-state index contributed by atoms with van der Waals surface area (Å²) in [6, 6.07) is 4.69. The molecule has 1 aliphatic heterocycles. The smallest absolute Gasteiger partial charge is 0.223 e. The molecule has 1 fully saturated rings. The summed E-state index contributed by atoms with van der Waals surface area (Å²) in [5.41, 5.74) is 0.766. The van der Waals surface area contributed by atoms with Gasteiger partial charge in [0.2, 0.25) is 5.91 Å².